The lowest BCUT2D eigenvalue weighted by Gasteiger charge is -2.23. The van der Waals surface area contributed by atoms with Crippen LogP contribution in [0.3, 0.4) is 0 Å². The Morgan fingerprint density at radius 3 is 2.68 bits per heavy atom. The fourth-order valence-electron chi connectivity index (χ4n) is 2.57. The maximum absolute atomic E-state index is 5.18. The Labute approximate surface area is 152 Å². The van der Waals surface area contributed by atoms with E-state index in [1.54, 1.807) is 14.2 Å². The Morgan fingerprint density at radius 2 is 2.00 bits per heavy atom. The molecule has 7 heteroatoms. The van der Waals surface area contributed by atoms with Crippen molar-refractivity contribution in [3.05, 3.63) is 0 Å². The molecule has 1 unspecified atom stereocenters. The van der Waals surface area contributed by atoms with Gasteiger partial charge in [0.05, 0.1) is 13.2 Å². The summed E-state index contributed by atoms with van der Waals surface area (Å²) in [6.45, 7) is 8.47. The first-order valence-corrected chi connectivity index (χ1v) is 8.06. The molecule has 132 valence electrons. The smallest absolute Gasteiger partial charge is 0.191 e. The van der Waals surface area contributed by atoms with Crippen molar-refractivity contribution in [2.45, 2.75) is 32.2 Å². The summed E-state index contributed by atoms with van der Waals surface area (Å²) in [6, 6.07) is 0.551. The van der Waals surface area contributed by atoms with Gasteiger partial charge in [0.15, 0.2) is 5.96 Å². The molecular formula is C15H33IN4O2. The average Bonchev–Trinajstić information content (AvgIpc) is 2.94. The predicted octanol–water partition coefficient (Wildman–Crippen LogP) is 1.31. The molecular weight excluding hydrogens is 395 g/mol. The van der Waals surface area contributed by atoms with Gasteiger partial charge in [0.2, 0.25) is 0 Å². The monoisotopic (exact) mass is 428 g/mol. The van der Waals surface area contributed by atoms with Gasteiger partial charge in [-0.05, 0) is 32.7 Å². The van der Waals surface area contributed by atoms with Gasteiger partial charge in [-0.2, -0.15) is 0 Å². The van der Waals surface area contributed by atoms with Gasteiger partial charge >= 0.3 is 0 Å². The van der Waals surface area contributed by atoms with E-state index in [0.717, 1.165) is 51.8 Å². The first-order chi connectivity index (χ1) is 10.3. The Bertz CT molecular complexity index is 293. The Balaban J connectivity index is 0.00000441. The number of likely N-dealkylation sites (tertiary alicyclic amines) is 1. The van der Waals surface area contributed by atoms with Crippen molar-refractivity contribution in [2.75, 3.05) is 60.2 Å². The summed E-state index contributed by atoms with van der Waals surface area (Å²) in [6.07, 6.45) is 3.49. The highest BCUT2D eigenvalue weighted by atomic mass is 127. The molecule has 0 bridgehead atoms. The maximum atomic E-state index is 5.18. The van der Waals surface area contributed by atoms with Crippen LogP contribution >= 0.6 is 24.0 Å². The third-order valence-corrected chi connectivity index (χ3v) is 3.70. The zero-order valence-electron chi connectivity index (χ0n) is 14.3. The molecule has 1 fully saturated rings. The van der Waals surface area contributed by atoms with Crippen LogP contribution in [0.15, 0.2) is 4.99 Å². The number of rotatable bonds is 10. The molecule has 1 atom stereocenters. The van der Waals surface area contributed by atoms with E-state index in [9.17, 15) is 0 Å². The SMILES string of the molecule is CCNC(=NCC1CCCN1CCOC)NCCCOC.I. The minimum atomic E-state index is 0. The summed E-state index contributed by atoms with van der Waals surface area (Å²) < 4.78 is 10.2. The largest absolute Gasteiger partial charge is 0.385 e. The molecule has 1 heterocycles. The van der Waals surface area contributed by atoms with Gasteiger partial charge in [0.25, 0.3) is 0 Å². The summed E-state index contributed by atoms with van der Waals surface area (Å²) in [5, 5.41) is 6.65. The van der Waals surface area contributed by atoms with E-state index in [1.807, 2.05) is 0 Å². The van der Waals surface area contributed by atoms with Crippen LogP contribution in [0.25, 0.3) is 0 Å². The van der Waals surface area contributed by atoms with Crippen molar-refractivity contribution in [1.82, 2.24) is 15.5 Å². The first kappa shape index (κ1) is 21.9. The second-order valence-electron chi connectivity index (χ2n) is 5.32. The Hall–Kier alpha value is -0.120. The number of methoxy groups -OCH3 is 2. The number of aliphatic imine (C=N–C) groups is 1. The van der Waals surface area contributed by atoms with Crippen LogP contribution in [0.5, 0.6) is 0 Å². The van der Waals surface area contributed by atoms with Crippen molar-refractivity contribution in [2.24, 2.45) is 4.99 Å². The van der Waals surface area contributed by atoms with Gasteiger partial charge in [0.1, 0.15) is 0 Å². The molecule has 0 aromatic rings. The van der Waals surface area contributed by atoms with Crippen LogP contribution in [0.4, 0.5) is 0 Å². The predicted molar refractivity (Wildman–Crippen MR) is 102 cm³/mol. The number of ether oxygens (including phenoxy) is 2. The number of nitrogens with one attached hydrogen (secondary N) is 2. The third-order valence-electron chi connectivity index (χ3n) is 3.70. The normalized spacial score (nSPS) is 19.0. The van der Waals surface area contributed by atoms with E-state index in [-0.39, 0.29) is 24.0 Å². The highest BCUT2D eigenvalue weighted by Crippen LogP contribution is 2.16. The number of hydrogen-bond donors (Lipinski definition) is 2. The number of nitrogens with zero attached hydrogens (tertiary/aromatic N) is 2. The Morgan fingerprint density at radius 1 is 1.23 bits per heavy atom. The van der Waals surface area contributed by atoms with Gasteiger partial charge in [-0.15, -0.1) is 24.0 Å². The molecule has 1 rings (SSSR count). The van der Waals surface area contributed by atoms with E-state index in [0.29, 0.717) is 6.04 Å². The molecule has 0 spiro atoms. The molecule has 0 aliphatic carbocycles. The summed E-state index contributed by atoms with van der Waals surface area (Å²) in [5.74, 6) is 0.909. The Kier molecular flexibility index (Phi) is 14.4. The number of hydrogen-bond acceptors (Lipinski definition) is 4. The summed E-state index contributed by atoms with van der Waals surface area (Å²) >= 11 is 0. The molecule has 1 saturated heterocycles. The highest BCUT2D eigenvalue weighted by Gasteiger charge is 2.23. The zero-order valence-corrected chi connectivity index (χ0v) is 16.6. The molecule has 0 amide bonds. The quantitative estimate of drug-likeness (QED) is 0.238. The molecule has 6 nitrogen and oxygen atoms in total. The highest BCUT2D eigenvalue weighted by molar-refractivity contribution is 14.0. The van der Waals surface area contributed by atoms with Gasteiger partial charge in [-0.25, -0.2) is 0 Å². The van der Waals surface area contributed by atoms with Crippen molar-refractivity contribution in [3.8, 4) is 0 Å². The summed E-state index contributed by atoms with van der Waals surface area (Å²) in [4.78, 5) is 7.21. The van der Waals surface area contributed by atoms with Crippen molar-refractivity contribution < 1.29 is 9.47 Å². The van der Waals surface area contributed by atoms with E-state index < -0.39 is 0 Å². The zero-order chi connectivity index (χ0) is 15.3. The van der Waals surface area contributed by atoms with Crippen LogP contribution in [-0.2, 0) is 9.47 Å². The van der Waals surface area contributed by atoms with Gasteiger partial charge in [-0.1, -0.05) is 0 Å². The van der Waals surface area contributed by atoms with Gasteiger partial charge in [0, 0.05) is 46.5 Å². The van der Waals surface area contributed by atoms with Crippen molar-refractivity contribution in [3.63, 3.8) is 0 Å². The fraction of sp³-hybridized carbons (Fsp3) is 0.933. The third kappa shape index (κ3) is 9.12. The molecule has 0 aromatic heterocycles. The molecule has 1 aliphatic heterocycles. The van der Waals surface area contributed by atoms with E-state index in [4.69, 9.17) is 14.5 Å². The second kappa shape index (κ2) is 14.5. The lowest BCUT2D eigenvalue weighted by molar-refractivity contribution is 0.142. The minimum Gasteiger partial charge on any atom is -0.385 e. The standard InChI is InChI=1S/C15H32N4O2.HI/c1-4-16-15(17-8-6-11-20-2)18-13-14-7-5-9-19(14)10-12-21-3;/h14H,4-13H2,1-3H3,(H2,16,17,18);1H. The molecule has 22 heavy (non-hydrogen) atoms. The number of guanidine groups is 1. The fourth-order valence-corrected chi connectivity index (χ4v) is 2.57. The number of halogens is 1. The average molecular weight is 428 g/mol. The van der Waals surface area contributed by atoms with Crippen LogP contribution in [0.1, 0.15) is 26.2 Å². The lowest BCUT2D eigenvalue weighted by Crippen LogP contribution is -2.40. The van der Waals surface area contributed by atoms with Crippen molar-refractivity contribution in [1.29, 1.82) is 0 Å². The molecule has 0 saturated carbocycles. The van der Waals surface area contributed by atoms with Crippen LogP contribution < -0.4 is 10.6 Å². The van der Waals surface area contributed by atoms with Crippen molar-refractivity contribution >= 4 is 29.9 Å². The summed E-state index contributed by atoms with van der Waals surface area (Å²) in [5.41, 5.74) is 0. The lowest BCUT2D eigenvalue weighted by atomic mass is 10.2. The van der Waals surface area contributed by atoms with E-state index in [1.165, 1.54) is 19.4 Å². The molecule has 0 aromatic carbocycles. The first-order valence-electron chi connectivity index (χ1n) is 8.06. The van der Waals surface area contributed by atoms with Crippen LogP contribution in [0, 0.1) is 0 Å². The second-order valence-corrected chi connectivity index (χ2v) is 5.32. The maximum Gasteiger partial charge on any atom is 0.191 e. The van der Waals surface area contributed by atoms with Gasteiger partial charge < -0.3 is 20.1 Å². The van der Waals surface area contributed by atoms with Crippen LogP contribution in [0.2, 0.25) is 0 Å². The minimum absolute atomic E-state index is 0. The van der Waals surface area contributed by atoms with E-state index >= 15 is 0 Å². The topological polar surface area (TPSA) is 58.1 Å². The van der Waals surface area contributed by atoms with Crippen LogP contribution in [-0.4, -0.2) is 77.1 Å². The summed E-state index contributed by atoms with van der Waals surface area (Å²) in [7, 11) is 3.49. The van der Waals surface area contributed by atoms with E-state index in [2.05, 4.69) is 22.5 Å². The molecule has 0 radical (unpaired) electrons. The molecule has 2 N–H and O–H groups in total. The van der Waals surface area contributed by atoms with Gasteiger partial charge in [-0.3, -0.25) is 9.89 Å². The molecule has 1 aliphatic rings.